The molecule has 6 nitrogen and oxygen atoms in total. The smallest absolute Gasteiger partial charge is 0.279 e. The minimum absolute atomic E-state index is 0.112. The Kier molecular flexibility index (Phi) is 4.85. The topological polar surface area (TPSA) is 80.6 Å². The molecule has 0 spiro atoms. The van der Waals surface area contributed by atoms with Gasteiger partial charge in [-0.25, -0.2) is 0 Å². The van der Waals surface area contributed by atoms with E-state index >= 15 is 0 Å². The molecule has 1 aromatic carbocycles. The lowest BCUT2D eigenvalue weighted by Gasteiger charge is -2.08. The van der Waals surface area contributed by atoms with Crippen molar-refractivity contribution in [1.82, 2.24) is 10.9 Å². The summed E-state index contributed by atoms with van der Waals surface area (Å²) in [4.78, 5) is 26.5. The summed E-state index contributed by atoms with van der Waals surface area (Å²) in [5.41, 5.74) is 7.68. The molecule has 0 saturated heterocycles. The number of aryl methyl sites for hydroxylation is 2. The Morgan fingerprint density at radius 1 is 1.19 bits per heavy atom. The number of furan rings is 1. The average Bonchev–Trinajstić information content (AvgIpc) is 3.30. The van der Waals surface area contributed by atoms with Gasteiger partial charge in [-0.1, -0.05) is 0 Å². The summed E-state index contributed by atoms with van der Waals surface area (Å²) in [5, 5.41) is 0.850. The third-order valence-electron chi connectivity index (χ3n) is 4.75. The highest BCUT2D eigenvalue weighted by molar-refractivity contribution is 7.14. The van der Waals surface area contributed by atoms with Gasteiger partial charge in [-0.15, -0.1) is 11.3 Å². The van der Waals surface area contributed by atoms with E-state index in [0.29, 0.717) is 16.2 Å². The van der Waals surface area contributed by atoms with Gasteiger partial charge in [-0.2, -0.15) is 0 Å². The SMILES string of the molecule is COc1ccc2c(CC(=O)NNC(=O)c3cc4c(s3)CCCC4)coc2c1. The Bertz CT molecular complexity index is 981. The molecule has 0 unspecified atom stereocenters. The van der Waals surface area contributed by atoms with Crippen LogP contribution in [0.3, 0.4) is 0 Å². The first-order chi connectivity index (χ1) is 13.1. The highest BCUT2D eigenvalue weighted by atomic mass is 32.1. The van der Waals surface area contributed by atoms with Crippen molar-refractivity contribution in [3.63, 3.8) is 0 Å². The fraction of sp³-hybridized carbons (Fsp3) is 0.300. The number of nitrogens with one attached hydrogen (secondary N) is 2. The minimum atomic E-state index is -0.303. The minimum Gasteiger partial charge on any atom is -0.497 e. The largest absolute Gasteiger partial charge is 0.497 e. The zero-order valence-corrected chi connectivity index (χ0v) is 15.8. The van der Waals surface area contributed by atoms with Crippen LogP contribution in [0.15, 0.2) is 34.9 Å². The number of amides is 2. The molecule has 27 heavy (non-hydrogen) atoms. The predicted molar refractivity (Wildman–Crippen MR) is 103 cm³/mol. The van der Waals surface area contributed by atoms with Crippen molar-refractivity contribution in [2.24, 2.45) is 0 Å². The number of thiophene rings is 1. The molecule has 140 valence electrons. The van der Waals surface area contributed by atoms with E-state index in [0.717, 1.165) is 23.8 Å². The first kappa shape index (κ1) is 17.6. The van der Waals surface area contributed by atoms with Gasteiger partial charge in [0.15, 0.2) is 0 Å². The number of carbonyl (C=O) groups excluding carboxylic acids is 2. The first-order valence-corrected chi connectivity index (χ1v) is 9.70. The van der Waals surface area contributed by atoms with Crippen LogP contribution < -0.4 is 15.6 Å². The molecule has 0 fully saturated rings. The monoisotopic (exact) mass is 384 g/mol. The molecule has 4 rings (SSSR count). The normalized spacial score (nSPS) is 13.2. The van der Waals surface area contributed by atoms with Crippen LogP contribution >= 0.6 is 11.3 Å². The maximum atomic E-state index is 12.3. The Morgan fingerprint density at radius 2 is 2.04 bits per heavy atom. The maximum absolute atomic E-state index is 12.3. The molecule has 3 aromatic rings. The van der Waals surface area contributed by atoms with Gasteiger partial charge in [0.2, 0.25) is 5.91 Å². The molecule has 2 heterocycles. The number of hydrazine groups is 1. The lowest BCUT2D eigenvalue weighted by molar-refractivity contribution is -0.121. The predicted octanol–water partition coefficient (Wildman–Crippen LogP) is 3.39. The van der Waals surface area contributed by atoms with Crippen LogP contribution in [0, 0.1) is 0 Å². The number of rotatable bonds is 4. The van der Waals surface area contributed by atoms with Crippen LogP contribution in [-0.4, -0.2) is 18.9 Å². The van der Waals surface area contributed by atoms with Crippen LogP contribution in [0.5, 0.6) is 5.75 Å². The van der Waals surface area contributed by atoms with E-state index in [4.69, 9.17) is 9.15 Å². The molecular weight excluding hydrogens is 364 g/mol. The number of fused-ring (bicyclic) bond motifs is 2. The Morgan fingerprint density at radius 3 is 2.85 bits per heavy atom. The molecule has 0 bridgehead atoms. The molecule has 0 atom stereocenters. The van der Waals surface area contributed by atoms with E-state index in [2.05, 4.69) is 10.9 Å². The molecule has 0 saturated carbocycles. The first-order valence-electron chi connectivity index (χ1n) is 8.89. The van der Waals surface area contributed by atoms with Gasteiger partial charge in [0.1, 0.15) is 11.3 Å². The quantitative estimate of drug-likeness (QED) is 0.676. The summed E-state index contributed by atoms with van der Waals surface area (Å²) in [7, 11) is 1.59. The summed E-state index contributed by atoms with van der Waals surface area (Å²) in [5.74, 6) is 0.117. The molecule has 2 N–H and O–H groups in total. The van der Waals surface area contributed by atoms with Gasteiger partial charge in [0, 0.05) is 21.9 Å². The maximum Gasteiger partial charge on any atom is 0.279 e. The lowest BCUT2D eigenvalue weighted by atomic mass is 9.99. The summed E-state index contributed by atoms with van der Waals surface area (Å²) in [6, 6.07) is 7.39. The van der Waals surface area contributed by atoms with E-state index in [1.54, 1.807) is 19.4 Å². The average molecular weight is 384 g/mol. The van der Waals surface area contributed by atoms with Gasteiger partial charge >= 0.3 is 0 Å². The second-order valence-corrected chi connectivity index (χ2v) is 7.71. The Balaban J connectivity index is 1.37. The lowest BCUT2D eigenvalue weighted by Crippen LogP contribution is -2.42. The number of ether oxygens (including phenoxy) is 1. The number of hydrogen-bond donors (Lipinski definition) is 2. The van der Waals surface area contributed by atoms with Crippen molar-refractivity contribution in [2.75, 3.05) is 7.11 Å². The summed E-state index contributed by atoms with van der Waals surface area (Å²) in [6.45, 7) is 0. The van der Waals surface area contributed by atoms with Crippen LogP contribution in [-0.2, 0) is 24.1 Å². The van der Waals surface area contributed by atoms with E-state index < -0.39 is 0 Å². The van der Waals surface area contributed by atoms with Crippen molar-refractivity contribution in [2.45, 2.75) is 32.1 Å². The van der Waals surface area contributed by atoms with Crippen molar-refractivity contribution >= 4 is 34.1 Å². The van der Waals surface area contributed by atoms with E-state index in [1.165, 1.54) is 34.6 Å². The fourth-order valence-electron chi connectivity index (χ4n) is 3.34. The van der Waals surface area contributed by atoms with Crippen molar-refractivity contribution in [1.29, 1.82) is 0 Å². The van der Waals surface area contributed by atoms with Gasteiger partial charge in [0.25, 0.3) is 5.91 Å². The van der Waals surface area contributed by atoms with E-state index in [-0.39, 0.29) is 18.2 Å². The van der Waals surface area contributed by atoms with Gasteiger partial charge in [0.05, 0.1) is 24.7 Å². The molecular formula is C20H20N2O4S. The molecule has 2 amide bonds. The summed E-state index contributed by atoms with van der Waals surface area (Å²) >= 11 is 1.52. The highest BCUT2D eigenvalue weighted by Gasteiger charge is 2.18. The number of benzene rings is 1. The third-order valence-corrected chi connectivity index (χ3v) is 5.99. The summed E-state index contributed by atoms with van der Waals surface area (Å²) < 4.78 is 10.7. The van der Waals surface area contributed by atoms with Crippen molar-refractivity contribution < 1.29 is 18.7 Å². The van der Waals surface area contributed by atoms with Crippen molar-refractivity contribution in [3.8, 4) is 5.75 Å². The second kappa shape index (κ2) is 7.44. The number of methoxy groups -OCH3 is 1. The molecule has 0 radical (unpaired) electrons. The highest BCUT2D eigenvalue weighted by Crippen LogP contribution is 2.29. The van der Waals surface area contributed by atoms with Gasteiger partial charge in [-0.3, -0.25) is 20.4 Å². The zero-order chi connectivity index (χ0) is 18.8. The van der Waals surface area contributed by atoms with Crippen molar-refractivity contribution in [3.05, 3.63) is 51.4 Å². The van der Waals surface area contributed by atoms with Gasteiger partial charge < -0.3 is 9.15 Å². The van der Waals surface area contributed by atoms with Crippen LogP contribution in [0.1, 0.15) is 38.5 Å². The Labute approximate surface area is 160 Å². The molecule has 7 heteroatoms. The third kappa shape index (κ3) is 3.68. The van der Waals surface area contributed by atoms with E-state index in [9.17, 15) is 9.59 Å². The zero-order valence-electron chi connectivity index (χ0n) is 15.0. The second-order valence-electron chi connectivity index (χ2n) is 6.57. The Hall–Kier alpha value is -2.80. The van der Waals surface area contributed by atoms with E-state index in [1.807, 2.05) is 18.2 Å². The molecule has 2 aromatic heterocycles. The number of carbonyl (C=O) groups is 2. The molecule has 1 aliphatic rings. The fourth-order valence-corrected chi connectivity index (χ4v) is 4.48. The van der Waals surface area contributed by atoms with Crippen LogP contribution in [0.4, 0.5) is 0 Å². The number of hydrogen-bond acceptors (Lipinski definition) is 5. The van der Waals surface area contributed by atoms with Gasteiger partial charge in [-0.05, 0) is 49.4 Å². The van der Waals surface area contributed by atoms with Crippen LogP contribution in [0.2, 0.25) is 0 Å². The van der Waals surface area contributed by atoms with Crippen LogP contribution in [0.25, 0.3) is 11.0 Å². The standard InChI is InChI=1S/C20H20N2O4S/c1-25-14-6-7-15-13(11-26-16(15)10-14)9-19(23)21-22-20(24)18-8-12-4-2-3-5-17(12)27-18/h6-8,10-11H,2-5,9H2,1H3,(H,21,23)(H,22,24). The molecule has 1 aliphatic carbocycles. The molecule has 0 aliphatic heterocycles. The summed E-state index contributed by atoms with van der Waals surface area (Å²) in [6.07, 6.45) is 6.09.